The minimum atomic E-state index is -0.0417. The molecule has 2 amide bonds. The Balaban J connectivity index is 1.61. The number of piperazine rings is 1. The van der Waals surface area contributed by atoms with Crippen LogP contribution in [0, 0.1) is 0 Å². The highest BCUT2D eigenvalue weighted by molar-refractivity contribution is 5.94. The molecule has 0 bridgehead atoms. The van der Waals surface area contributed by atoms with Crippen molar-refractivity contribution in [2.45, 2.75) is 6.42 Å². The Kier molecular flexibility index (Phi) is 5.78. The van der Waals surface area contributed by atoms with E-state index in [2.05, 4.69) is 14.9 Å². The van der Waals surface area contributed by atoms with Gasteiger partial charge >= 0.3 is 0 Å². The Hall–Kier alpha value is -2.96. The molecule has 26 heavy (non-hydrogen) atoms. The van der Waals surface area contributed by atoms with Crippen LogP contribution < -0.4 is 4.90 Å². The lowest BCUT2D eigenvalue weighted by Gasteiger charge is -2.34. The molecule has 3 heterocycles. The average Bonchev–Trinajstić information content (AvgIpc) is 2.72. The zero-order valence-corrected chi connectivity index (χ0v) is 14.9. The average molecular weight is 353 g/mol. The van der Waals surface area contributed by atoms with Gasteiger partial charge in [-0.15, -0.1) is 0 Å². The monoisotopic (exact) mass is 353 g/mol. The minimum absolute atomic E-state index is 0.0417. The first-order valence-electron chi connectivity index (χ1n) is 8.71. The molecule has 0 N–H and O–H groups in total. The van der Waals surface area contributed by atoms with Crippen LogP contribution in [0.2, 0.25) is 0 Å². The molecule has 2 aromatic heterocycles. The molecule has 0 unspecified atom stereocenters. The summed E-state index contributed by atoms with van der Waals surface area (Å²) in [6.45, 7) is 3.50. The lowest BCUT2D eigenvalue weighted by molar-refractivity contribution is -0.118. The SMILES string of the molecule is CN(CCc1ccncc1)C(=O)c1cncc(N2CCN(C=O)CC2)c1. The highest BCUT2D eigenvalue weighted by atomic mass is 16.2. The third-order valence-electron chi connectivity index (χ3n) is 4.63. The first-order valence-corrected chi connectivity index (χ1v) is 8.71. The van der Waals surface area contributed by atoms with Crippen molar-refractivity contribution in [2.75, 3.05) is 44.7 Å². The van der Waals surface area contributed by atoms with E-state index in [1.807, 2.05) is 18.2 Å². The normalized spacial score (nSPS) is 14.2. The molecule has 0 atom stereocenters. The van der Waals surface area contributed by atoms with Crippen LogP contribution in [-0.2, 0) is 11.2 Å². The quantitative estimate of drug-likeness (QED) is 0.727. The molecule has 2 aromatic rings. The maximum absolute atomic E-state index is 12.7. The summed E-state index contributed by atoms with van der Waals surface area (Å²) in [6.07, 6.45) is 8.56. The lowest BCUT2D eigenvalue weighted by Crippen LogP contribution is -2.45. The van der Waals surface area contributed by atoms with Crippen LogP contribution in [0.15, 0.2) is 43.0 Å². The van der Waals surface area contributed by atoms with Gasteiger partial charge in [0, 0.05) is 58.4 Å². The van der Waals surface area contributed by atoms with E-state index >= 15 is 0 Å². The van der Waals surface area contributed by atoms with Gasteiger partial charge in [-0.25, -0.2) is 0 Å². The van der Waals surface area contributed by atoms with E-state index in [1.165, 1.54) is 0 Å². The number of hydrogen-bond acceptors (Lipinski definition) is 5. The third-order valence-corrected chi connectivity index (χ3v) is 4.63. The van der Waals surface area contributed by atoms with Crippen LogP contribution in [0.4, 0.5) is 5.69 Å². The van der Waals surface area contributed by atoms with Gasteiger partial charge in [0.15, 0.2) is 0 Å². The second-order valence-electron chi connectivity index (χ2n) is 6.39. The Morgan fingerprint density at radius 1 is 1.15 bits per heavy atom. The predicted molar refractivity (Wildman–Crippen MR) is 99.0 cm³/mol. The van der Waals surface area contributed by atoms with Crippen LogP contribution in [0.1, 0.15) is 15.9 Å². The minimum Gasteiger partial charge on any atom is -0.367 e. The summed E-state index contributed by atoms with van der Waals surface area (Å²) in [5.41, 5.74) is 2.65. The van der Waals surface area contributed by atoms with Gasteiger partial charge in [0.25, 0.3) is 5.91 Å². The number of carbonyl (C=O) groups is 2. The lowest BCUT2D eigenvalue weighted by atomic mass is 10.1. The molecule has 0 saturated carbocycles. The molecule has 7 heteroatoms. The van der Waals surface area contributed by atoms with Crippen LogP contribution in [0.5, 0.6) is 0 Å². The Labute approximate surface area is 153 Å². The van der Waals surface area contributed by atoms with Gasteiger partial charge in [0.05, 0.1) is 17.4 Å². The van der Waals surface area contributed by atoms with Gasteiger partial charge in [-0.05, 0) is 30.2 Å². The van der Waals surface area contributed by atoms with Crippen molar-refractivity contribution < 1.29 is 9.59 Å². The number of amides is 2. The second-order valence-corrected chi connectivity index (χ2v) is 6.39. The molecule has 0 spiro atoms. The van der Waals surface area contributed by atoms with E-state index < -0.39 is 0 Å². The number of hydrogen-bond donors (Lipinski definition) is 0. The van der Waals surface area contributed by atoms with Gasteiger partial charge in [-0.1, -0.05) is 0 Å². The van der Waals surface area contributed by atoms with Crippen LogP contribution in [-0.4, -0.2) is 71.9 Å². The molecule has 136 valence electrons. The van der Waals surface area contributed by atoms with Crippen molar-refractivity contribution in [2.24, 2.45) is 0 Å². The summed E-state index contributed by atoms with van der Waals surface area (Å²) in [4.78, 5) is 37.4. The van der Waals surface area contributed by atoms with Gasteiger partial charge in [-0.3, -0.25) is 19.6 Å². The smallest absolute Gasteiger partial charge is 0.255 e. The van der Waals surface area contributed by atoms with E-state index in [0.29, 0.717) is 25.2 Å². The molecule has 1 aliphatic rings. The first kappa shape index (κ1) is 17.8. The molecule has 0 aromatic carbocycles. The molecular formula is C19H23N5O2. The number of rotatable bonds is 6. The Bertz CT molecular complexity index is 745. The molecule has 0 aliphatic carbocycles. The first-order chi connectivity index (χ1) is 12.7. The van der Waals surface area contributed by atoms with Crippen molar-refractivity contribution in [3.05, 3.63) is 54.1 Å². The summed E-state index contributed by atoms with van der Waals surface area (Å²) in [5.74, 6) is -0.0417. The highest BCUT2D eigenvalue weighted by Gasteiger charge is 2.18. The summed E-state index contributed by atoms with van der Waals surface area (Å²) in [7, 11) is 1.80. The number of likely N-dealkylation sites (N-methyl/N-ethyl adjacent to an activating group) is 1. The zero-order valence-electron chi connectivity index (χ0n) is 14.9. The molecule has 0 radical (unpaired) electrons. The van der Waals surface area contributed by atoms with Gasteiger partial charge in [0.2, 0.25) is 6.41 Å². The zero-order chi connectivity index (χ0) is 18.4. The molecular weight excluding hydrogens is 330 g/mol. The number of carbonyl (C=O) groups excluding carboxylic acids is 2. The van der Waals surface area contributed by atoms with Crippen LogP contribution in [0.25, 0.3) is 0 Å². The van der Waals surface area contributed by atoms with Gasteiger partial charge < -0.3 is 14.7 Å². The fraction of sp³-hybridized carbons (Fsp3) is 0.368. The highest BCUT2D eigenvalue weighted by Crippen LogP contribution is 2.17. The van der Waals surface area contributed by atoms with E-state index in [4.69, 9.17) is 0 Å². The fourth-order valence-corrected chi connectivity index (χ4v) is 2.97. The molecule has 1 saturated heterocycles. The summed E-state index contributed by atoms with van der Waals surface area (Å²) in [5, 5.41) is 0. The number of anilines is 1. The predicted octanol–water partition coefficient (Wildman–Crippen LogP) is 1.07. The second kappa shape index (κ2) is 8.42. The fourth-order valence-electron chi connectivity index (χ4n) is 2.97. The van der Waals surface area contributed by atoms with Crippen molar-refractivity contribution >= 4 is 18.0 Å². The molecule has 7 nitrogen and oxygen atoms in total. The van der Waals surface area contributed by atoms with E-state index in [-0.39, 0.29) is 5.91 Å². The van der Waals surface area contributed by atoms with Gasteiger partial charge in [-0.2, -0.15) is 0 Å². The van der Waals surface area contributed by atoms with E-state index in [1.54, 1.807) is 41.6 Å². The number of pyridine rings is 2. The number of aromatic nitrogens is 2. The topological polar surface area (TPSA) is 69.6 Å². The van der Waals surface area contributed by atoms with Gasteiger partial charge in [0.1, 0.15) is 0 Å². The van der Waals surface area contributed by atoms with Crippen molar-refractivity contribution in [1.29, 1.82) is 0 Å². The maximum Gasteiger partial charge on any atom is 0.255 e. The summed E-state index contributed by atoms with van der Waals surface area (Å²) >= 11 is 0. The maximum atomic E-state index is 12.7. The summed E-state index contributed by atoms with van der Waals surface area (Å²) < 4.78 is 0. The van der Waals surface area contributed by atoms with E-state index in [9.17, 15) is 9.59 Å². The Morgan fingerprint density at radius 3 is 2.58 bits per heavy atom. The van der Waals surface area contributed by atoms with Crippen LogP contribution in [0.3, 0.4) is 0 Å². The van der Waals surface area contributed by atoms with Crippen molar-refractivity contribution in [1.82, 2.24) is 19.8 Å². The summed E-state index contributed by atoms with van der Waals surface area (Å²) in [6, 6.07) is 5.80. The van der Waals surface area contributed by atoms with Crippen LogP contribution >= 0.6 is 0 Å². The standard InChI is InChI=1S/C19H23N5O2/c1-22(7-4-16-2-5-20-6-3-16)19(26)17-12-18(14-21-13-17)24-10-8-23(15-25)9-11-24/h2-3,5-6,12-15H,4,7-11H2,1H3. The molecule has 1 fully saturated rings. The Morgan fingerprint density at radius 2 is 1.88 bits per heavy atom. The molecule has 3 rings (SSSR count). The van der Waals surface area contributed by atoms with E-state index in [0.717, 1.165) is 37.2 Å². The molecule has 1 aliphatic heterocycles. The third kappa shape index (κ3) is 4.36. The van der Waals surface area contributed by atoms with Crippen molar-refractivity contribution in [3.8, 4) is 0 Å². The van der Waals surface area contributed by atoms with Crippen molar-refractivity contribution in [3.63, 3.8) is 0 Å². The largest absolute Gasteiger partial charge is 0.367 e. The number of nitrogens with zero attached hydrogens (tertiary/aromatic N) is 5.